The van der Waals surface area contributed by atoms with Crippen molar-refractivity contribution in [3.05, 3.63) is 51.2 Å². The molecule has 2 rings (SSSR count). The molecule has 0 unspecified atom stereocenters. The van der Waals surface area contributed by atoms with Crippen molar-refractivity contribution in [3.63, 3.8) is 0 Å². The van der Waals surface area contributed by atoms with Crippen LogP contribution >= 0.6 is 34.8 Å². The van der Waals surface area contributed by atoms with Gasteiger partial charge < -0.3 is 9.88 Å². The van der Waals surface area contributed by atoms with Crippen LogP contribution in [0.4, 0.5) is 5.69 Å². The first-order valence-corrected chi connectivity index (χ1v) is 7.26. The van der Waals surface area contributed by atoms with E-state index in [0.29, 0.717) is 21.6 Å². The number of anilines is 1. The molecule has 0 saturated carbocycles. The number of aromatic nitrogens is 1. The Morgan fingerprint density at radius 1 is 1.11 bits per heavy atom. The molecule has 0 aliphatic heterocycles. The fraction of sp³-hybridized carbons (Fsp3) is 0.286. The van der Waals surface area contributed by atoms with Gasteiger partial charge in [-0.3, -0.25) is 0 Å². The van der Waals surface area contributed by atoms with E-state index in [2.05, 4.69) is 35.3 Å². The Kier molecular flexibility index (Phi) is 5.03. The maximum absolute atomic E-state index is 6.11. The van der Waals surface area contributed by atoms with Crippen molar-refractivity contribution in [3.8, 4) is 0 Å². The van der Waals surface area contributed by atoms with Gasteiger partial charge in [0.15, 0.2) is 0 Å². The molecule has 19 heavy (non-hydrogen) atoms. The van der Waals surface area contributed by atoms with Gasteiger partial charge in [0.25, 0.3) is 0 Å². The van der Waals surface area contributed by atoms with E-state index in [1.54, 1.807) is 12.1 Å². The van der Waals surface area contributed by atoms with E-state index in [9.17, 15) is 0 Å². The molecule has 0 atom stereocenters. The highest BCUT2D eigenvalue weighted by atomic mass is 35.5. The monoisotopic (exact) mass is 316 g/mol. The zero-order chi connectivity index (χ0) is 13.8. The van der Waals surface area contributed by atoms with Gasteiger partial charge in [0.05, 0.1) is 20.8 Å². The third-order valence-corrected chi connectivity index (χ3v) is 3.82. The molecule has 0 spiro atoms. The summed E-state index contributed by atoms with van der Waals surface area (Å²) in [4.78, 5) is 0. The quantitative estimate of drug-likeness (QED) is 0.723. The Bertz CT molecular complexity index is 564. The van der Waals surface area contributed by atoms with Crippen LogP contribution in [0.25, 0.3) is 0 Å². The summed E-state index contributed by atoms with van der Waals surface area (Å²) in [5.41, 5.74) is 2.00. The summed E-state index contributed by atoms with van der Waals surface area (Å²) in [6, 6.07) is 5.49. The first kappa shape index (κ1) is 14.6. The minimum absolute atomic E-state index is 0.464. The number of nitrogens with one attached hydrogen (secondary N) is 1. The summed E-state index contributed by atoms with van der Waals surface area (Å²) in [6.45, 7) is 3.90. The van der Waals surface area contributed by atoms with Crippen molar-refractivity contribution in [2.24, 2.45) is 0 Å². The van der Waals surface area contributed by atoms with Crippen molar-refractivity contribution in [2.75, 3.05) is 5.32 Å². The Labute approximate surface area is 128 Å². The summed E-state index contributed by atoms with van der Waals surface area (Å²) in [5.74, 6) is 0. The van der Waals surface area contributed by atoms with Gasteiger partial charge in [-0.15, -0.1) is 0 Å². The van der Waals surface area contributed by atoms with Gasteiger partial charge in [-0.25, -0.2) is 0 Å². The van der Waals surface area contributed by atoms with Crippen molar-refractivity contribution < 1.29 is 0 Å². The number of aryl methyl sites for hydroxylation is 1. The first-order chi connectivity index (χ1) is 9.10. The lowest BCUT2D eigenvalue weighted by molar-refractivity contribution is 0.682. The summed E-state index contributed by atoms with van der Waals surface area (Å²) >= 11 is 18.0. The average Bonchev–Trinajstić information content (AvgIpc) is 2.80. The van der Waals surface area contributed by atoms with Gasteiger partial charge in [0, 0.05) is 25.5 Å². The first-order valence-electron chi connectivity index (χ1n) is 6.13. The fourth-order valence-corrected chi connectivity index (χ4v) is 2.46. The minimum Gasteiger partial charge on any atom is -0.380 e. The SMILES string of the molecule is CCCn1ccc(CNc2cc(Cl)c(Cl)cc2Cl)c1. The van der Waals surface area contributed by atoms with Crippen LogP contribution in [0.3, 0.4) is 0 Å². The van der Waals surface area contributed by atoms with E-state index in [4.69, 9.17) is 34.8 Å². The summed E-state index contributed by atoms with van der Waals surface area (Å²) in [5, 5.41) is 4.80. The number of halogens is 3. The van der Waals surface area contributed by atoms with Crippen molar-refractivity contribution >= 4 is 40.5 Å². The molecular weight excluding hydrogens is 303 g/mol. The molecule has 5 heteroatoms. The smallest absolute Gasteiger partial charge is 0.0653 e. The Morgan fingerprint density at radius 2 is 1.84 bits per heavy atom. The topological polar surface area (TPSA) is 17.0 Å². The van der Waals surface area contributed by atoms with Crippen LogP contribution in [-0.2, 0) is 13.1 Å². The average molecular weight is 318 g/mol. The van der Waals surface area contributed by atoms with Crippen LogP contribution in [-0.4, -0.2) is 4.57 Å². The molecule has 1 N–H and O–H groups in total. The molecule has 0 amide bonds. The van der Waals surface area contributed by atoms with E-state index in [1.807, 2.05) is 0 Å². The number of rotatable bonds is 5. The fourth-order valence-electron chi connectivity index (χ4n) is 1.85. The maximum atomic E-state index is 6.11. The van der Waals surface area contributed by atoms with Crippen LogP contribution in [0.2, 0.25) is 15.1 Å². The second-order valence-corrected chi connectivity index (χ2v) is 5.58. The van der Waals surface area contributed by atoms with E-state index in [-0.39, 0.29) is 0 Å². The molecule has 1 aromatic heterocycles. The summed E-state index contributed by atoms with van der Waals surface area (Å²) in [7, 11) is 0. The second-order valence-electron chi connectivity index (χ2n) is 4.36. The van der Waals surface area contributed by atoms with Crippen molar-refractivity contribution in [1.29, 1.82) is 0 Å². The summed E-state index contributed by atoms with van der Waals surface area (Å²) < 4.78 is 2.17. The lowest BCUT2D eigenvalue weighted by atomic mass is 10.3. The zero-order valence-corrected chi connectivity index (χ0v) is 12.9. The van der Waals surface area contributed by atoms with Gasteiger partial charge in [0.1, 0.15) is 0 Å². The number of nitrogens with zero attached hydrogens (tertiary/aromatic N) is 1. The van der Waals surface area contributed by atoms with Gasteiger partial charge in [-0.05, 0) is 30.2 Å². The highest BCUT2D eigenvalue weighted by Gasteiger charge is 2.06. The Morgan fingerprint density at radius 3 is 2.58 bits per heavy atom. The van der Waals surface area contributed by atoms with Gasteiger partial charge >= 0.3 is 0 Å². The van der Waals surface area contributed by atoms with E-state index in [1.165, 1.54) is 5.56 Å². The van der Waals surface area contributed by atoms with Crippen LogP contribution in [0.1, 0.15) is 18.9 Å². The predicted octanol–water partition coefficient (Wildman–Crippen LogP) is 5.47. The lowest BCUT2D eigenvalue weighted by Crippen LogP contribution is -1.99. The normalized spacial score (nSPS) is 10.7. The summed E-state index contributed by atoms with van der Waals surface area (Å²) in [6.07, 6.45) is 5.33. The van der Waals surface area contributed by atoms with Crippen molar-refractivity contribution in [2.45, 2.75) is 26.4 Å². The lowest BCUT2D eigenvalue weighted by Gasteiger charge is -2.09. The molecule has 2 aromatic rings. The molecule has 102 valence electrons. The zero-order valence-electron chi connectivity index (χ0n) is 10.6. The van der Waals surface area contributed by atoms with E-state index in [0.717, 1.165) is 18.7 Å². The minimum atomic E-state index is 0.464. The number of hydrogen-bond acceptors (Lipinski definition) is 1. The van der Waals surface area contributed by atoms with Gasteiger partial charge in [-0.2, -0.15) is 0 Å². The molecule has 0 radical (unpaired) electrons. The third-order valence-electron chi connectivity index (χ3n) is 2.79. The highest BCUT2D eigenvalue weighted by molar-refractivity contribution is 6.44. The molecule has 0 bridgehead atoms. The van der Waals surface area contributed by atoms with Crippen LogP contribution in [0.15, 0.2) is 30.6 Å². The number of benzene rings is 1. The molecule has 1 heterocycles. The van der Waals surface area contributed by atoms with Crippen molar-refractivity contribution in [1.82, 2.24) is 4.57 Å². The maximum Gasteiger partial charge on any atom is 0.0653 e. The van der Waals surface area contributed by atoms with E-state index >= 15 is 0 Å². The van der Waals surface area contributed by atoms with Gasteiger partial charge in [0.2, 0.25) is 0 Å². The largest absolute Gasteiger partial charge is 0.380 e. The molecule has 0 aliphatic carbocycles. The van der Waals surface area contributed by atoms with Crippen LogP contribution in [0.5, 0.6) is 0 Å². The van der Waals surface area contributed by atoms with Gasteiger partial charge in [-0.1, -0.05) is 41.7 Å². The molecule has 0 fully saturated rings. The van der Waals surface area contributed by atoms with E-state index < -0.39 is 0 Å². The molecule has 0 aliphatic rings. The predicted molar refractivity (Wildman–Crippen MR) is 83.5 cm³/mol. The standard InChI is InChI=1S/C14H15Cl3N2/c1-2-4-19-5-3-10(9-19)8-18-14-7-12(16)11(15)6-13(14)17/h3,5-7,9,18H,2,4,8H2,1H3. The number of hydrogen-bond donors (Lipinski definition) is 1. The molecular formula is C14H15Cl3N2. The Balaban J connectivity index is 2.03. The molecule has 1 aromatic carbocycles. The molecule has 0 saturated heterocycles. The third kappa shape index (κ3) is 3.82. The molecule has 2 nitrogen and oxygen atoms in total. The second kappa shape index (κ2) is 6.56. The van der Waals surface area contributed by atoms with Crippen LogP contribution < -0.4 is 5.32 Å². The Hall–Kier alpha value is -0.830. The highest BCUT2D eigenvalue weighted by Crippen LogP contribution is 2.32. The van der Waals surface area contributed by atoms with Crippen LogP contribution in [0, 0.1) is 0 Å².